The van der Waals surface area contributed by atoms with Crippen LogP contribution in [0.1, 0.15) is 41.0 Å². The second-order valence-corrected chi connectivity index (χ2v) is 4.69. The van der Waals surface area contributed by atoms with E-state index in [-0.39, 0.29) is 0 Å². The zero-order valence-corrected chi connectivity index (χ0v) is 10.6. The Balaban J connectivity index is 4.25. The number of hydrogen-bond donors (Lipinski definition) is 1. The van der Waals surface area contributed by atoms with Gasteiger partial charge in [-0.05, 0) is 32.2 Å². The average molecular weight is 201 g/mol. The Morgan fingerprint density at radius 3 is 2.00 bits per heavy atom. The molecule has 14 heavy (non-hydrogen) atoms. The molecule has 0 saturated carbocycles. The zero-order chi connectivity index (χ0) is 11.1. The van der Waals surface area contributed by atoms with E-state index in [1.54, 1.807) is 0 Å². The molecule has 0 fully saturated rings. The molecule has 0 aromatic heterocycles. The summed E-state index contributed by atoms with van der Waals surface area (Å²) in [5, 5.41) is 3.37. The van der Waals surface area contributed by atoms with Crippen LogP contribution in [0.2, 0.25) is 0 Å². The molecular weight excluding hydrogens is 174 g/mol. The molecule has 2 unspecified atom stereocenters. The molecule has 0 saturated heterocycles. The van der Waals surface area contributed by atoms with Crippen molar-refractivity contribution in [3.63, 3.8) is 0 Å². The smallest absolute Gasteiger partial charge is 0.0750 e. The molecule has 0 radical (unpaired) electrons. The van der Waals surface area contributed by atoms with Gasteiger partial charge in [0.2, 0.25) is 0 Å². The summed E-state index contributed by atoms with van der Waals surface area (Å²) in [5.74, 6) is 1.29. The summed E-state index contributed by atoms with van der Waals surface area (Å²) in [4.78, 5) is 0. The third-order valence-corrected chi connectivity index (χ3v) is 2.51. The van der Waals surface area contributed by atoms with E-state index < -0.39 is 0 Å². The Bertz CT molecular complexity index is 134. The van der Waals surface area contributed by atoms with E-state index in [1.807, 2.05) is 7.05 Å². The largest absolute Gasteiger partial charge is 0.377 e. The highest BCUT2D eigenvalue weighted by molar-refractivity contribution is 4.79. The van der Waals surface area contributed by atoms with Gasteiger partial charge in [0.05, 0.1) is 6.10 Å². The van der Waals surface area contributed by atoms with Gasteiger partial charge in [-0.25, -0.2) is 0 Å². The number of likely N-dealkylation sites (N-methyl/N-ethyl adjacent to an activating group) is 1. The minimum Gasteiger partial charge on any atom is -0.377 e. The molecule has 2 nitrogen and oxygen atoms in total. The molecule has 0 heterocycles. The number of hydrogen-bond acceptors (Lipinski definition) is 2. The lowest BCUT2D eigenvalue weighted by molar-refractivity contribution is 0.000505. The van der Waals surface area contributed by atoms with Crippen molar-refractivity contribution < 1.29 is 4.74 Å². The second kappa shape index (κ2) is 7.24. The van der Waals surface area contributed by atoms with Gasteiger partial charge in [0.25, 0.3) is 0 Å². The molecule has 0 aromatic carbocycles. The molecule has 0 aliphatic carbocycles. The van der Waals surface area contributed by atoms with Crippen LogP contribution < -0.4 is 5.32 Å². The lowest BCUT2D eigenvalue weighted by Gasteiger charge is -2.30. The normalized spacial score (nSPS) is 16.3. The fraction of sp³-hybridized carbons (Fsp3) is 1.00. The first-order chi connectivity index (χ1) is 6.52. The minimum absolute atomic E-state index is 0.340. The van der Waals surface area contributed by atoms with Gasteiger partial charge < -0.3 is 10.1 Å². The second-order valence-electron chi connectivity index (χ2n) is 4.69. The summed E-state index contributed by atoms with van der Waals surface area (Å²) < 4.78 is 5.79. The van der Waals surface area contributed by atoms with Crippen LogP contribution >= 0.6 is 0 Å². The van der Waals surface area contributed by atoms with E-state index >= 15 is 0 Å². The summed E-state index contributed by atoms with van der Waals surface area (Å²) in [6, 6.07) is 0.481. The molecular formula is C12H27NO. The van der Waals surface area contributed by atoms with Crippen LogP contribution in [0.15, 0.2) is 0 Å². The first kappa shape index (κ1) is 13.9. The van der Waals surface area contributed by atoms with E-state index in [2.05, 4.69) is 39.9 Å². The van der Waals surface area contributed by atoms with Crippen molar-refractivity contribution in [2.24, 2.45) is 11.8 Å². The molecule has 0 rings (SSSR count). The van der Waals surface area contributed by atoms with E-state index in [0.29, 0.717) is 24.0 Å². The van der Waals surface area contributed by atoms with Crippen molar-refractivity contribution >= 4 is 0 Å². The van der Waals surface area contributed by atoms with Crippen molar-refractivity contribution in [2.45, 2.75) is 53.2 Å². The van der Waals surface area contributed by atoms with Gasteiger partial charge in [0, 0.05) is 12.6 Å². The topological polar surface area (TPSA) is 21.3 Å². The van der Waals surface area contributed by atoms with Gasteiger partial charge in [-0.3, -0.25) is 0 Å². The van der Waals surface area contributed by atoms with Crippen molar-refractivity contribution in [3.05, 3.63) is 0 Å². The van der Waals surface area contributed by atoms with Gasteiger partial charge >= 0.3 is 0 Å². The number of ether oxygens (including phenoxy) is 1. The Hall–Kier alpha value is -0.0800. The summed E-state index contributed by atoms with van der Waals surface area (Å²) in [6.45, 7) is 11.8. The lowest BCUT2D eigenvalue weighted by atomic mass is 9.92. The first-order valence-corrected chi connectivity index (χ1v) is 5.81. The zero-order valence-electron chi connectivity index (χ0n) is 10.6. The van der Waals surface area contributed by atoms with Crippen molar-refractivity contribution in [1.82, 2.24) is 5.32 Å². The summed E-state index contributed by atoms with van der Waals surface area (Å²) in [5.41, 5.74) is 0. The molecule has 0 aliphatic rings. The number of rotatable bonds is 7. The van der Waals surface area contributed by atoms with Crippen LogP contribution in [0, 0.1) is 11.8 Å². The maximum absolute atomic E-state index is 5.79. The average Bonchev–Trinajstić information content (AvgIpc) is 2.10. The lowest BCUT2D eigenvalue weighted by Crippen LogP contribution is -2.43. The SMILES string of the molecule is CCOC(C(C)C)C(CC(C)C)NC. The third-order valence-electron chi connectivity index (χ3n) is 2.51. The molecule has 0 aromatic rings. The monoisotopic (exact) mass is 201 g/mol. The summed E-state index contributed by atoms with van der Waals surface area (Å²) in [6.07, 6.45) is 1.52. The van der Waals surface area contributed by atoms with Gasteiger partial charge in [-0.1, -0.05) is 27.7 Å². The highest BCUT2D eigenvalue weighted by Crippen LogP contribution is 2.17. The van der Waals surface area contributed by atoms with Crippen molar-refractivity contribution in [3.8, 4) is 0 Å². The van der Waals surface area contributed by atoms with Gasteiger partial charge in [-0.2, -0.15) is 0 Å². The van der Waals surface area contributed by atoms with E-state index in [1.165, 1.54) is 6.42 Å². The minimum atomic E-state index is 0.340. The summed E-state index contributed by atoms with van der Waals surface area (Å²) in [7, 11) is 2.03. The molecule has 86 valence electrons. The maximum atomic E-state index is 5.79. The summed E-state index contributed by atoms with van der Waals surface area (Å²) >= 11 is 0. The van der Waals surface area contributed by atoms with Crippen LogP contribution in [0.4, 0.5) is 0 Å². The molecule has 0 spiro atoms. The van der Waals surface area contributed by atoms with Crippen LogP contribution in [0.5, 0.6) is 0 Å². The fourth-order valence-corrected chi connectivity index (χ4v) is 1.89. The quantitative estimate of drug-likeness (QED) is 0.684. The van der Waals surface area contributed by atoms with E-state index in [4.69, 9.17) is 4.74 Å². The molecule has 2 heteroatoms. The maximum Gasteiger partial charge on any atom is 0.0750 e. The van der Waals surface area contributed by atoms with Gasteiger partial charge in [-0.15, -0.1) is 0 Å². The molecule has 1 N–H and O–H groups in total. The van der Waals surface area contributed by atoms with Crippen LogP contribution in [0.3, 0.4) is 0 Å². The van der Waals surface area contributed by atoms with Crippen LogP contribution in [-0.2, 0) is 4.74 Å². The van der Waals surface area contributed by atoms with Gasteiger partial charge in [0.1, 0.15) is 0 Å². The predicted molar refractivity (Wildman–Crippen MR) is 62.6 cm³/mol. The number of nitrogens with one attached hydrogen (secondary N) is 1. The fourth-order valence-electron chi connectivity index (χ4n) is 1.89. The Morgan fingerprint density at radius 1 is 1.14 bits per heavy atom. The molecule has 0 amide bonds. The highest BCUT2D eigenvalue weighted by atomic mass is 16.5. The molecule has 0 aliphatic heterocycles. The van der Waals surface area contributed by atoms with E-state index in [0.717, 1.165) is 6.61 Å². The van der Waals surface area contributed by atoms with Crippen molar-refractivity contribution in [1.29, 1.82) is 0 Å². The first-order valence-electron chi connectivity index (χ1n) is 5.81. The molecule has 2 atom stereocenters. The standard InChI is InChI=1S/C12H27NO/c1-7-14-12(10(4)5)11(13-6)8-9(2)3/h9-13H,7-8H2,1-6H3. The van der Waals surface area contributed by atoms with Crippen molar-refractivity contribution in [2.75, 3.05) is 13.7 Å². The third kappa shape index (κ3) is 4.97. The molecule has 0 bridgehead atoms. The Labute approximate surface area is 89.4 Å². The Morgan fingerprint density at radius 2 is 1.71 bits per heavy atom. The van der Waals surface area contributed by atoms with Crippen LogP contribution in [0.25, 0.3) is 0 Å². The van der Waals surface area contributed by atoms with Gasteiger partial charge in [0.15, 0.2) is 0 Å². The van der Waals surface area contributed by atoms with E-state index in [9.17, 15) is 0 Å². The predicted octanol–water partition coefficient (Wildman–Crippen LogP) is 2.68. The van der Waals surface area contributed by atoms with Crippen LogP contribution in [-0.4, -0.2) is 25.8 Å². The Kier molecular flexibility index (Phi) is 7.20. The highest BCUT2D eigenvalue weighted by Gasteiger charge is 2.24.